The van der Waals surface area contributed by atoms with Crippen molar-refractivity contribution >= 4 is 48.6 Å². The van der Waals surface area contributed by atoms with Gasteiger partial charge in [0.15, 0.2) is 37.0 Å². The van der Waals surface area contributed by atoms with Crippen molar-refractivity contribution in [1.82, 2.24) is 0 Å². The van der Waals surface area contributed by atoms with E-state index in [2.05, 4.69) is 0 Å². The van der Waals surface area contributed by atoms with Gasteiger partial charge < -0.3 is 0 Å². The molecule has 0 radical (unpaired) electrons. The maximum atomic E-state index is 13.4. The molecule has 0 atom stereocenters. The molecule has 0 saturated carbocycles. The summed E-state index contributed by atoms with van der Waals surface area (Å²) in [5, 5.41) is -0.213. The van der Waals surface area contributed by atoms with E-state index < -0.39 is 64.3 Å². The Morgan fingerprint density at radius 2 is 1.47 bits per heavy atom. The first-order valence-corrected chi connectivity index (χ1v) is 12.8. The van der Waals surface area contributed by atoms with Crippen LogP contribution >= 0.6 is 11.6 Å². The number of allylic oxidation sites excluding steroid dienone is 2. The van der Waals surface area contributed by atoms with Gasteiger partial charge in [-0.15, -0.1) is 0 Å². The molecule has 162 valence electrons. The van der Waals surface area contributed by atoms with Crippen LogP contribution in [0.15, 0.2) is 32.5 Å². The number of Topliss-reactive ketones (excluding diaryl/α,β-unsaturated/α-hetero) is 3. The molecule has 10 heteroatoms. The number of sulfone groups is 2. The summed E-state index contributed by atoms with van der Waals surface area (Å²) in [5.41, 5.74) is -3.37. The number of carbonyl (C=O) groups excluding carboxylic acids is 3. The highest BCUT2D eigenvalue weighted by atomic mass is 35.5. The second kappa shape index (κ2) is 6.58. The van der Waals surface area contributed by atoms with E-state index in [1.54, 1.807) is 0 Å². The highest BCUT2D eigenvalue weighted by molar-refractivity contribution is 7.98. The molecule has 0 aromatic heterocycles. The quantitative estimate of drug-likeness (QED) is 0.368. The minimum Gasteiger partial charge on any atom is -0.298 e. The number of rotatable bonds is 2. The zero-order valence-corrected chi connectivity index (χ0v) is 19.5. The number of hydrogen-bond donors (Lipinski definition) is 0. The Hall–Kier alpha value is -1.84. The molecule has 0 amide bonds. The van der Waals surface area contributed by atoms with Gasteiger partial charge in [-0.2, -0.15) is 0 Å². The predicted octanol–water partition coefficient (Wildman–Crippen LogP) is 2.44. The summed E-state index contributed by atoms with van der Waals surface area (Å²) in [6.07, 6.45) is 0. The average molecular weight is 473 g/mol. The molecule has 7 nitrogen and oxygen atoms in total. The van der Waals surface area contributed by atoms with Crippen molar-refractivity contribution in [2.75, 3.05) is 11.5 Å². The third kappa shape index (κ3) is 3.01. The van der Waals surface area contributed by atoms with Crippen molar-refractivity contribution in [2.24, 2.45) is 10.8 Å². The van der Waals surface area contributed by atoms with Gasteiger partial charge >= 0.3 is 0 Å². The zero-order chi connectivity index (χ0) is 23.0. The van der Waals surface area contributed by atoms with E-state index in [1.807, 2.05) is 0 Å². The normalized spacial score (nSPS) is 23.8. The van der Waals surface area contributed by atoms with Gasteiger partial charge in [0, 0.05) is 10.6 Å². The number of halogens is 1. The fourth-order valence-electron chi connectivity index (χ4n) is 4.02. The van der Waals surface area contributed by atoms with Crippen LogP contribution in [0.1, 0.15) is 43.6 Å². The molecule has 0 N–H and O–H groups in total. The number of carbonyl (C=O) groups is 3. The Balaban J connectivity index is 2.31. The predicted molar refractivity (Wildman–Crippen MR) is 110 cm³/mol. The van der Waals surface area contributed by atoms with Crippen LogP contribution < -0.4 is 0 Å². The number of fused-ring (bicyclic) bond motifs is 1. The fraction of sp³-hybridized carbons (Fsp3) is 0.450. The number of hydrogen-bond acceptors (Lipinski definition) is 7. The van der Waals surface area contributed by atoms with Gasteiger partial charge in [0.25, 0.3) is 0 Å². The maximum Gasteiger partial charge on any atom is 0.198 e. The van der Waals surface area contributed by atoms with Gasteiger partial charge in [-0.05, 0) is 52.3 Å². The minimum absolute atomic E-state index is 0.0574. The summed E-state index contributed by atoms with van der Waals surface area (Å²) in [7, 11) is -7.74. The van der Waals surface area contributed by atoms with E-state index in [1.165, 1.54) is 40.7 Å². The largest absolute Gasteiger partial charge is 0.298 e. The van der Waals surface area contributed by atoms with Crippen molar-refractivity contribution in [3.05, 3.63) is 33.9 Å². The van der Waals surface area contributed by atoms with E-state index in [9.17, 15) is 31.2 Å². The van der Waals surface area contributed by atoms with Gasteiger partial charge in [0.2, 0.25) is 0 Å². The zero-order valence-electron chi connectivity index (χ0n) is 17.1. The molecule has 1 aliphatic carbocycles. The lowest BCUT2D eigenvalue weighted by Crippen LogP contribution is -2.49. The molecule has 0 spiro atoms. The van der Waals surface area contributed by atoms with Gasteiger partial charge in [-0.3, -0.25) is 14.4 Å². The summed E-state index contributed by atoms with van der Waals surface area (Å²) in [6.45, 7) is 7.17. The fourth-order valence-corrected chi connectivity index (χ4v) is 8.88. The highest BCUT2D eigenvalue weighted by Crippen LogP contribution is 2.47. The average Bonchev–Trinajstić information content (AvgIpc) is 2.63. The topological polar surface area (TPSA) is 119 Å². The molecule has 0 saturated heterocycles. The van der Waals surface area contributed by atoms with Crippen LogP contribution in [0.3, 0.4) is 0 Å². The lowest BCUT2D eigenvalue weighted by Gasteiger charge is -2.38. The van der Waals surface area contributed by atoms with Crippen LogP contribution in [0.25, 0.3) is 0 Å². The summed E-state index contributed by atoms with van der Waals surface area (Å²) in [4.78, 5) is 38.3. The summed E-state index contributed by atoms with van der Waals surface area (Å²) in [6, 6.07) is 2.26. The summed E-state index contributed by atoms with van der Waals surface area (Å²) in [5.74, 6) is -3.14. The number of ketones is 3. The standard InChI is InChI=1S/C20H21ClO7S2/c1-10-11(6-7-12-15(10)30(27,28)9-8-29(12,25)26)14(22)13-16(21)19(2,3)18(24)20(4,5)17(13)23/h6-7H,8-9H2,1-5H3. The van der Waals surface area contributed by atoms with Gasteiger partial charge in [-0.1, -0.05) is 11.6 Å². The molecular formula is C20H21ClO7S2. The van der Waals surface area contributed by atoms with Gasteiger partial charge in [0.05, 0.1) is 37.7 Å². The first kappa shape index (κ1) is 22.8. The van der Waals surface area contributed by atoms with Crippen LogP contribution in [0.4, 0.5) is 0 Å². The second-order valence-corrected chi connectivity index (χ2v) is 13.1. The molecule has 3 rings (SSSR count). The molecule has 1 aromatic carbocycles. The first-order valence-electron chi connectivity index (χ1n) is 9.11. The van der Waals surface area contributed by atoms with E-state index in [0.29, 0.717) is 0 Å². The van der Waals surface area contributed by atoms with Crippen LogP contribution in [0, 0.1) is 17.8 Å². The van der Waals surface area contributed by atoms with Crippen molar-refractivity contribution in [1.29, 1.82) is 0 Å². The van der Waals surface area contributed by atoms with Crippen LogP contribution in [-0.4, -0.2) is 45.7 Å². The Labute approximate surface area is 180 Å². The third-order valence-electron chi connectivity index (χ3n) is 5.81. The van der Waals surface area contributed by atoms with Gasteiger partial charge in [-0.25, -0.2) is 16.8 Å². The molecular weight excluding hydrogens is 452 g/mol. The SMILES string of the molecule is Cc1c(C(=O)C2=C(Cl)C(C)(C)C(=O)C(C)(C)C2=O)ccc2c1S(=O)(=O)CCS2(=O)=O. The summed E-state index contributed by atoms with van der Waals surface area (Å²) >= 11 is 6.34. The first-order chi connectivity index (χ1) is 13.5. The van der Waals surface area contributed by atoms with E-state index in [4.69, 9.17) is 11.6 Å². The lowest BCUT2D eigenvalue weighted by atomic mass is 9.63. The Morgan fingerprint density at radius 3 is 2.03 bits per heavy atom. The van der Waals surface area contributed by atoms with Crippen LogP contribution in [0.5, 0.6) is 0 Å². The molecule has 0 unspecified atom stereocenters. The van der Waals surface area contributed by atoms with Gasteiger partial charge in [0.1, 0.15) is 0 Å². The van der Waals surface area contributed by atoms with Crippen LogP contribution in [0.2, 0.25) is 0 Å². The van der Waals surface area contributed by atoms with Crippen molar-refractivity contribution in [3.63, 3.8) is 0 Å². The summed E-state index contributed by atoms with van der Waals surface area (Å²) < 4.78 is 49.8. The minimum atomic E-state index is -3.93. The molecule has 1 heterocycles. The van der Waals surface area contributed by atoms with Crippen molar-refractivity contribution in [2.45, 2.75) is 44.4 Å². The van der Waals surface area contributed by atoms with Crippen molar-refractivity contribution < 1.29 is 31.2 Å². The Bertz CT molecular complexity index is 1280. The monoisotopic (exact) mass is 472 g/mol. The molecule has 1 aliphatic heterocycles. The van der Waals surface area contributed by atoms with E-state index in [-0.39, 0.29) is 26.6 Å². The molecule has 2 aliphatic rings. The Kier molecular flexibility index (Phi) is 5.01. The molecule has 0 fully saturated rings. The van der Waals surface area contributed by atoms with Crippen LogP contribution in [-0.2, 0) is 29.3 Å². The lowest BCUT2D eigenvalue weighted by molar-refractivity contribution is -0.142. The van der Waals surface area contributed by atoms with E-state index in [0.717, 1.165) is 6.07 Å². The second-order valence-electron chi connectivity index (χ2n) is 8.63. The smallest absolute Gasteiger partial charge is 0.198 e. The highest BCUT2D eigenvalue weighted by Gasteiger charge is 2.54. The maximum absolute atomic E-state index is 13.4. The molecule has 0 bridgehead atoms. The third-order valence-corrected chi connectivity index (χ3v) is 10.5. The molecule has 30 heavy (non-hydrogen) atoms. The van der Waals surface area contributed by atoms with Crippen molar-refractivity contribution in [3.8, 4) is 0 Å². The van der Waals surface area contributed by atoms with E-state index >= 15 is 0 Å². The molecule has 1 aromatic rings. The number of benzene rings is 1. The Morgan fingerprint density at radius 1 is 0.933 bits per heavy atom.